The Balaban J connectivity index is 2.62. The second-order valence-corrected chi connectivity index (χ2v) is 3.55. The van der Waals surface area contributed by atoms with Gasteiger partial charge in [0.15, 0.2) is 5.76 Å². The van der Waals surface area contributed by atoms with Crippen molar-refractivity contribution in [1.82, 2.24) is 5.16 Å². The number of rotatable bonds is 3. The summed E-state index contributed by atoms with van der Waals surface area (Å²) in [5.74, 6) is 0.468. The Morgan fingerprint density at radius 1 is 1.64 bits per heavy atom. The summed E-state index contributed by atoms with van der Waals surface area (Å²) in [4.78, 5) is 11.5. The minimum Gasteiger partial charge on any atom is -0.359 e. The summed E-state index contributed by atoms with van der Waals surface area (Å²) >= 11 is 0. The van der Waals surface area contributed by atoms with Gasteiger partial charge in [-0.05, 0) is 12.8 Å². The fraction of sp³-hybridized carbons (Fsp3) is 0.556. The van der Waals surface area contributed by atoms with Crippen molar-refractivity contribution in [3.63, 3.8) is 0 Å². The first-order valence-electron chi connectivity index (χ1n) is 4.50. The molecule has 0 aromatic carbocycles. The van der Waals surface area contributed by atoms with Crippen LogP contribution < -0.4 is 11.1 Å². The Labute approximate surface area is 82.6 Å². The number of amides is 1. The van der Waals surface area contributed by atoms with Gasteiger partial charge in [-0.1, -0.05) is 19.0 Å². The molecule has 0 radical (unpaired) electrons. The fourth-order valence-corrected chi connectivity index (χ4v) is 0.937. The summed E-state index contributed by atoms with van der Waals surface area (Å²) in [6, 6.07) is -0.510. The molecule has 78 valence electrons. The van der Waals surface area contributed by atoms with Crippen molar-refractivity contribution in [2.24, 2.45) is 11.7 Å². The normalized spacial score (nSPS) is 12.9. The van der Waals surface area contributed by atoms with Crippen LogP contribution in [0.4, 0.5) is 5.69 Å². The van der Waals surface area contributed by atoms with Crippen molar-refractivity contribution < 1.29 is 9.32 Å². The Hall–Kier alpha value is -1.36. The first-order chi connectivity index (χ1) is 6.52. The number of carbonyl (C=O) groups is 1. The van der Waals surface area contributed by atoms with E-state index in [1.807, 2.05) is 13.8 Å². The molecule has 1 aromatic rings. The fourth-order valence-electron chi connectivity index (χ4n) is 0.937. The molecule has 1 amide bonds. The van der Waals surface area contributed by atoms with Crippen molar-refractivity contribution in [1.29, 1.82) is 0 Å². The van der Waals surface area contributed by atoms with E-state index < -0.39 is 6.04 Å². The van der Waals surface area contributed by atoms with Gasteiger partial charge in [-0.3, -0.25) is 4.79 Å². The van der Waals surface area contributed by atoms with E-state index in [2.05, 4.69) is 10.5 Å². The summed E-state index contributed by atoms with van der Waals surface area (Å²) in [6.07, 6.45) is 1.46. The van der Waals surface area contributed by atoms with Gasteiger partial charge in [0.2, 0.25) is 5.91 Å². The topological polar surface area (TPSA) is 81.2 Å². The average Bonchev–Trinajstić information content (AvgIpc) is 2.50. The van der Waals surface area contributed by atoms with Crippen LogP contribution in [0.1, 0.15) is 19.6 Å². The number of hydrogen-bond acceptors (Lipinski definition) is 4. The number of nitrogens with one attached hydrogen (secondary N) is 1. The molecule has 14 heavy (non-hydrogen) atoms. The van der Waals surface area contributed by atoms with Crippen LogP contribution in [-0.2, 0) is 4.79 Å². The summed E-state index contributed by atoms with van der Waals surface area (Å²) in [5, 5.41) is 6.20. The van der Waals surface area contributed by atoms with Crippen molar-refractivity contribution in [3.05, 3.63) is 12.0 Å². The number of carbonyl (C=O) groups excluding carboxylic acids is 1. The van der Waals surface area contributed by atoms with Crippen molar-refractivity contribution in [3.8, 4) is 0 Å². The van der Waals surface area contributed by atoms with E-state index >= 15 is 0 Å². The van der Waals surface area contributed by atoms with Gasteiger partial charge in [-0.15, -0.1) is 0 Å². The van der Waals surface area contributed by atoms with Crippen molar-refractivity contribution >= 4 is 11.6 Å². The predicted octanol–water partition coefficient (Wildman–Crippen LogP) is 0.905. The number of aryl methyl sites for hydroxylation is 1. The van der Waals surface area contributed by atoms with E-state index in [0.717, 1.165) is 0 Å². The van der Waals surface area contributed by atoms with Crippen molar-refractivity contribution in [2.45, 2.75) is 26.8 Å². The third-order valence-corrected chi connectivity index (χ3v) is 2.03. The molecule has 3 N–H and O–H groups in total. The van der Waals surface area contributed by atoms with Gasteiger partial charge in [0.05, 0.1) is 12.2 Å². The molecule has 0 fully saturated rings. The lowest BCUT2D eigenvalue weighted by Gasteiger charge is -2.14. The van der Waals surface area contributed by atoms with Gasteiger partial charge in [-0.2, -0.15) is 0 Å². The zero-order chi connectivity index (χ0) is 10.7. The molecule has 5 nitrogen and oxygen atoms in total. The van der Waals surface area contributed by atoms with E-state index in [1.54, 1.807) is 6.92 Å². The lowest BCUT2D eigenvalue weighted by molar-refractivity contribution is -0.118. The Kier molecular flexibility index (Phi) is 3.24. The van der Waals surface area contributed by atoms with Crippen LogP contribution in [-0.4, -0.2) is 17.1 Å². The molecule has 5 heteroatoms. The molecular weight excluding hydrogens is 182 g/mol. The third-order valence-electron chi connectivity index (χ3n) is 2.03. The lowest BCUT2D eigenvalue weighted by Crippen LogP contribution is -2.39. The number of aromatic nitrogens is 1. The second-order valence-electron chi connectivity index (χ2n) is 3.55. The van der Waals surface area contributed by atoms with Gasteiger partial charge in [0.1, 0.15) is 5.69 Å². The SMILES string of the molecule is Cc1oncc1NC(=O)[C@@H](N)C(C)C. The van der Waals surface area contributed by atoms with Crippen LogP contribution in [0.5, 0.6) is 0 Å². The quantitative estimate of drug-likeness (QED) is 0.754. The molecule has 1 heterocycles. The third kappa shape index (κ3) is 2.32. The van der Waals surface area contributed by atoms with Gasteiger partial charge in [0, 0.05) is 0 Å². The molecule has 1 rings (SSSR count). The smallest absolute Gasteiger partial charge is 0.241 e. The van der Waals surface area contributed by atoms with Crippen LogP contribution in [0.3, 0.4) is 0 Å². The number of nitrogens with two attached hydrogens (primary N) is 1. The molecule has 0 aliphatic rings. The molecule has 1 atom stereocenters. The van der Waals surface area contributed by atoms with Gasteiger partial charge in [-0.25, -0.2) is 0 Å². The van der Waals surface area contributed by atoms with Gasteiger partial charge in [0.25, 0.3) is 0 Å². The highest BCUT2D eigenvalue weighted by Crippen LogP contribution is 2.13. The predicted molar refractivity (Wildman–Crippen MR) is 52.7 cm³/mol. The van der Waals surface area contributed by atoms with E-state index in [9.17, 15) is 4.79 Å². The summed E-state index contributed by atoms with van der Waals surface area (Å²) in [6.45, 7) is 5.51. The molecule has 0 saturated heterocycles. The van der Waals surface area contributed by atoms with Crippen LogP contribution in [0.15, 0.2) is 10.7 Å². The monoisotopic (exact) mass is 197 g/mol. The van der Waals surface area contributed by atoms with Crippen LogP contribution in [0.2, 0.25) is 0 Å². The Morgan fingerprint density at radius 3 is 2.71 bits per heavy atom. The molecule has 0 saturated carbocycles. The molecule has 0 unspecified atom stereocenters. The van der Waals surface area contributed by atoms with E-state index in [4.69, 9.17) is 10.3 Å². The van der Waals surface area contributed by atoms with Crippen LogP contribution in [0, 0.1) is 12.8 Å². The standard InChI is InChI=1S/C9H15N3O2/c1-5(2)8(10)9(13)12-7-4-11-14-6(7)3/h4-5,8H,10H2,1-3H3,(H,12,13)/t8-/m0/s1. The second kappa shape index (κ2) is 4.23. The molecule has 0 spiro atoms. The lowest BCUT2D eigenvalue weighted by atomic mass is 10.1. The maximum Gasteiger partial charge on any atom is 0.241 e. The minimum absolute atomic E-state index is 0.107. The molecule has 1 aromatic heterocycles. The molecule has 0 bridgehead atoms. The Morgan fingerprint density at radius 2 is 2.29 bits per heavy atom. The van der Waals surface area contributed by atoms with E-state index in [0.29, 0.717) is 11.4 Å². The largest absolute Gasteiger partial charge is 0.359 e. The van der Waals surface area contributed by atoms with E-state index in [1.165, 1.54) is 6.20 Å². The molecular formula is C9H15N3O2. The van der Waals surface area contributed by atoms with Gasteiger partial charge < -0.3 is 15.6 Å². The minimum atomic E-state index is -0.510. The Bertz CT molecular complexity index is 320. The number of anilines is 1. The maximum atomic E-state index is 11.5. The van der Waals surface area contributed by atoms with Gasteiger partial charge >= 0.3 is 0 Å². The zero-order valence-electron chi connectivity index (χ0n) is 8.57. The van der Waals surface area contributed by atoms with Crippen LogP contribution >= 0.6 is 0 Å². The van der Waals surface area contributed by atoms with E-state index in [-0.39, 0.29) is 11.8 Å². The highest BCUT2D eigenvalue weighted by atomic mass is 16.5. The van der Waals surface area contributed by atoms with Crippen LogP contribution in [0.25, 0.3) is 0 Å². The number of hydrogen-bond donors (Lipinski definition) is 2. The highest BCUT2D eigenvalue weighted by Gasteiger charge is 2.18. The summed E-state index contributed by atoms with van der Waals surface area (Å²) in [5.41, 5.74) is 6.24. The first-order valence-corrected chi connectivity index (χ1v) is 4.50. The maximum absolute atomic E-state index is 11.5. The molecule has 0 aliphatic heterocycles. The first kappa shape index (κ1) is 10.7. The molecule has 0 aliphatic carbocycles. The summed E-state index contributed by atoms with van der Waals surface area (Å²) in [7, 11) is 0. The number of nitrogens with zero attached hydrogens (tertiary/aromatic N) is 1. The van der Waals surface area contributed by atoms with Crippen molar-refractivity contribution in [2.75, 3.05) is 5.32 Å². The summed E-state index contributed by atoms with van der Waals surface area (Å²) < 4.78 is 4.80. The zero-order valence-corrected chi connectivity index (χ0v) is 8.57. The average molecular weight is 197 g/mol. The highest BCUT2D eigenvalue weighted by molar-refractivity contribution is 5.95.